The number of anilines is 2. The predicted octanol–water partition coefficient (Wildman–Crippen LogP) is 3.68. The van der Waals surface area contributed by atoms with Gasteiger partial charge in [0, 0.05) is 18.2 Å². The molecule has 5 nitrogen and oxygen atoms in total. The van der Waals surface area contributed by atoms with E-state index in [1.165, 1.54) is 6.92 Å². The molecule has 0 saturated heterocycles. The summed E-state index contributed by atoms with van der Waals surface area (Å²) < 4.78 is 5.69. The first-order chi connectivity index (χ1) is 11.0. The molecule has 0 atom stereocenters. The molecule has 0 saturated carbocycles. The van der Waals surface area contributed by atoms with Gasteiger partial charge in [0.25, 0.3) is 5.91 Å². The molecule has 2 amide bonds. The average Bonchev–Trinajstić information content (AvgIpc) is 2.48. The molecule has 0 heterocycles. The fourth-order valence-electron chi connectivity index (χ4n) is 2.06. The van der Waals surface area contributed by atoms with Gasteiger partial charge in [-0.1, -0.05) is 18.2 Å². The second-order valence-electron chi connectivity index (χ2n) is 5.38. The van der Waals surface area contributed by atoms with E-state index in [0.29, 0.717) is 22.7 Å². The minimum Gasteiger partial charge on any atom is -0.489 e. The van der Waals surface area contributed by atoms with Gasteiger partial charge in [-0.3, -0.25) is 9.59 Å². The van der Waals surface area contributed by atoms with E-state index < -0.39 is 0 Å². The molecule has 0 aromatic heterocycles. The van der Waals surface area contributed by atoms with Gasteiger partial charge in [-0.2, -0.15) is 0 Å². The van der Waals surface area contributed by atoms with Crippen molar-refractivity contribution in [3.63, 3.8) is 0 Å². The molecule has 0 unspecified atom stereocenters. The maximum Gasteiger partial charge on any atom is 0.255 e. The van der Waals surface area contributed by atoms with Crippen LogP contribution in [0, 0.1) is 0 Å². The lowest BCUT2D eigenvalue weighted by molar-refractivity contribution is -0.114. The lowest BCUT2D eigenvalue weighted by Crippen LogP contribution is -2.15. The number of hydrogen-bond acceptors (Lipinski definition) is 3. The third-order valence-electron chi connectivity index (χ3n) is 2.94. The van der Waals surface area contributed by atoms with Crippen LogP contribution in [0.1, 0.15) is 31.1 Å². The van der Waals surface area contributed by atoms with E-state index in [4.69, 9.17) is 4.74 Å². The van der Waals surface area contributed by atoms with Crippen LogP contribution in [0.2, 0.25) is 0 Å². The smallest absolute Gasteiger partial charge is 0.255 e. The number of para-hydroxylation sites is 2. The Morgan fingerprint density at radius 1 is 1.00 bits per heavy atom. The summed E-state index contributed by atoms with van der Waals surface area (Å²) in [6, 6.07) is 14.0. The molecule has 0 radical (unpaired) electrons. The normalized spacial score (nSPS) is 10.3. The van der Waals surface area contributed by atoms with E-state index in [2.05, 4.69) is 10.6 Å². The Bertz CT molecular complexity index is 711. The van der Waals surface area contributed by atoms with Crippen LogP contribution in [0.3, 0.4) is 0 Å². The summed E-state index contributed by atoms with van der Waals surface area (Å²) in [4.78, 5) is 23.5. The van der Waals surface area contributed by atoms with Crippen LogP contribution in [0.25, 0.3) is 0 Å². The number of carbonyl (C=O) groups excluding carboxylic acids is 2. The number of benzene rings is 2. The molecular weight excluding hydrogens is 292 g/mol. The zero-order valence-corrected chi connectivity index (χ0v) is 13.4. The largest absolute Gasteiger partial charge is 0.489 e. The highest BCUT2D eigenvalue weighted by Crippen LogP contribution is 2.25. The minimum atomic E-state index is -0.267. The lowest BCUT2D eigenvalue weighted by Gasteiger charge is -2.15. The first-order valence-corrected chi connectivity index (χ1v) is 7.40. The fraction of sp³-hybridized carbons (Fsp3) is 0.222. The minimum absolute atomic E-state index is 0.0103. The van der Waals surface area contributed by atoms with Crippen molar-refractivity contribution in [2.45, 2.75) is 26.9 Å². The van der Waals surface area contributed by atoms with Crippen LogP contribution >= 0.6 is 0 Å². The summed E-state index contributed by atoms with van der Waals surface area (Å²) in [7, 11) is 0. The molecule has 2 N–H and O–H groups in total. The highest BCUT2D eigenvalue weighted by atomic mass is 16.5. The van der Waals surface area contributed by atoms with Gasteiger partial charge < -0.3 is 15.4 Å². The zero-order chi connectivity index (χ0) is 16.8. The fourth-order valence-corrected chi connectivity index (χ4v) is 2.06. The summed E-state index contributed by atoms with van der Waals surface area (Å²) in [5.74, 6) is 0.170. The third-order valence-corrected chi connectivity index (χ3v) is 2.94. The van der Waals surface area contributed by atoms with Crippen LogP contribution in [0.15, 0.2) is 48.5 Å². The molecule has 0 bridgehead atoms. The van der Waals surface area contributed by atoms with Gasteiger partial charge in [0.05, 0.1) is 11.8 Å². The van der Waals surface area contributed by atoms with Crippen molar-refractivity contribution in [1.29, 1.82) is 0 Å². The Labute approximate surface area is 135 Å². The number of amides is 2. The van der Waals surface area contributed by atoms with Gasteiger partial charge >= 0.3 is 0 Å². The van der Waals surface area contributed by atoms with E-state index in [0.717, 1.165) is 0 Å². The molecule has 2 rings (SSSR count). The second-order valence-corrected chi connectivity index (χ2v) is 5.38. The number of hydrogen-bond donors (Lipinski definition) is 2. The Kier molecular flexibility index (Phi) is 5.36. The molecule has 2 aromatic carbocycles. The molecule has 2 aromatic rings. The van der Waals surface area contributed by atoms with Gasteiger partial charge in [0.2, 0.25) is 5.91 Å². The van der Waals surface area contributed by atoms with Crippen molar-refractivity contribution in [2.75, 3.05) is 10.6 Å². The van der Waals surface area contributed by atoms with E-state index in [1.807, 2.05) is 32.0 Å². The summed E-state index contributed by atoms with van der Waals surface area (Å²) >= 11 is 0. The molecule has 0 aliphatic rings. The van der Waals surface area contributed by atoms with Crippen LogP contribution in [-0.4, -0.2) is 17.9 Å². The SMILES string of the molecule is CC(=O)Nc1cccc(C(=O)Nc2ccccc2OC(C)C)c1. The van der Waals surface area contributed by atoms with E-state index in [-0.39, 0.29) is 17.9 Å². The van der Waals surface area contributed by atoms with Gasteiger partial charge in [-0.05, 0) is 44.2 Å². The number of rotatable bonds is 5. The topological polar surface area (TPSA) is 67.4 Å². The van der Waals surface area contributed by atoms with Gasteiger partial charge in [-0.25, -0.2) is 0 Å². The summed E-state index contributed by atoms with van der Waals surface area (Å²) in [5.41, 5.74) is 1.64. The Balaban J connectivity index is 2.18. The Hall–Kier alpha value is -2.82. The summed E-state index contributed by atoms with van der Waals surface area (Å²) in [6.45, 7) is 5.28. The van der Waals surface area contributed by atoms with Crippen molar-refractivity contribution < 1.29 is 14.3 Å². The van der Waals surface area contributed by atoms with Gasteiger partial charge in [0.1, 0.15) is 5.75 Å². The van der Waals surface area contributed by atoms with Crippen molar-refractivity contribution in [3.05, 3.63) is 54.1 Å². The van der Waals surface area contributed by atoms with E-state index >= 15 is 0 Å². The molecule has 0 fully saturated rings. The third kappa shape index (κ3) is 4.85. The molecule has 120 valence electrons. The summed E-state index contributed by atoms with van der Waals surface area (Å²) in [5, 5.41) is 5.49. The first-order valence-electron chi connectivity index (χ1n) is 7.40. The molecule has 5 heteroatoms. The highest BCUT2D eigenvalue weighted by Gasteiger charge is 2.11. The van der Waals surface area contributed by atoms with Gasteiger partial charge in [0.15, 0.2) is 0 Å². The monoisotopic (exact) mass is 312 g/mol. The first kappa shape index (κ1) is 16.5. The maximum absolute atomic E-state index is 12.4. The highest BCUT2D eigenvalue weighted by molar-refractivity contribution is 6.06. The predicted molar refractivity (Wildman–Crippen MR) is 90.9 cm³/mol. The second kappa shape index (κ2) is 7.45. The van der Waals surface area contributed by atoms with Crippen molar-refractivity contribution in [2.24, 2.45) is 0 Å². The van der Waals surface area contributed by atoms with Gasteiger partial charge in [-0.15, -0.1) is 0 Å². The number of carbonyl (C=O) groups is 2. The molecule has 0 spiro atoms. The van der Waals surface area contributed by atoms with Crippen LogP contribution in [0.4, 0.5) is 11.4 Å². The lowest BCUT2D eigenvalue weighted by atomic mass is 10.1. The molecule has 23 heavy (non-hydrogen) atoms. The van der Waals surface area contributed by atoms with Crippen molar-refractivity contribution in [3.8, 4) is 5.75 Å². The quantitative estimate of drug-likeness (QED) is 0.885. The van der Waals surface area contributed by atoms with E-state index in [9.17, 15) is 9.59 Å². The maximum atomic E-state index is 12.4. The average molecular weight is 312 g/mol. The molecular formula is C18H20N2O3. The summed E-state index contributed by atoms with van der Waals surface area (Å²) in [6.07, 6.45) is 0.0103. The van der Waals surface area contributed by atoms with Crippen LogP contribution in [-0.2, 0) is 4.79 Å². The molecule has 0 aliphatic heterocycles. The molecule has 0 aliphatic carbocycles. The zero-order valence-electron chi connectivity index (χ0n) is 13.4. The van der Waals surface area contributed by atoms with Crippen LogP contribution < -0.4 is 15.4 Å². The van der Waals surface area contributed by atoms with Crippen molar-refractivity contribution in [1.82, 2.24) is 0 Å². The number of nitrogens with one attached hydrogen (secondary N) is 2. The Morgan fingerprint density at radius 3 is 2.43 bits per heavy atom. The number of ether oxygens (including phenoxy) is 1. The van der Waals surface area contributed by atoms with Crippen LogP contribution in [0.5, 0.6) is 5.75 Å². The Morgan fingerprint density at radius 2 is 1.74 bits per heavy atom. The standard InChI is InChI=1S/C18H20N2O3/c1-12(2)23-17-10-5-4-9-16(17)20-18(22)14-7-6-8-15(11-14)19-13(3)21/h4-12H,1-3H3,(H,19,21)(H,20,22). The van der Waals surface area contributed by atoms with Crippen molar-refractivity contribution >= 4 is 23.2 Å². The van der Waals surface area contributed by atoms with E-state index in [1.54, 1.807) is 30.3 Å².